The third-order valence-electron chi connectivity index (χ3n) is 2.31. The molecule has 2 N–H and O–H groups in total. The second-order valence-corrected chi connectivity index (χ2v) is 4.66. The predicted octanol–water partition coefficient (Wildman–Crippen LogP) is 3.10. The molecular formula is C13H14ClN3O2. The smallest absolute Gasteiger partial charge is 0.258 e. The fraction of sp³-hybridized carbons (Fsp3) is 0.231. The first-order chi connectivity index (χ1) is 9.06. The second kappa shape index (κ2) is 5.75. The molecule has 19 heavy (non-hydrogen) atoms. The van der Waals surface area contributed by atoms with Crippen LogP contribution in [0.25, 0.3) is 0 Å². The number of nitrogens with one attached hydrogen (secondary N) is 2. The number of hydrogen-bond acceptors (Lipinski definition) is 3. The molecule has 5 nitrogen and oxygen atoms in total. The van der Waals surface area contributed by atoms with Crippen LogP contribution >= 0.6 is 11.6 Å². The number of amides is 1. The first-order valence-corrected chi connectivity index (χ1v) is 6.20. The summed E-state index contributed by atoms with van der Waals surface area (Å²) in [6, 6.07) is 5.12. The maximum Gasteiger partial charge on any atom is 0.258 e. The minimum atomic E-state index is -0.248. The third kappa shape index (κ3) is 3.48. The van der Waals surface area contributed by atoms with E-state index in [-0.39, 0.29) is 12.0 Å². The van der Waals surface area contributed by atoms with Crippen molar-refractivity contribution in [3.05, 3.63) is 41.2 Å². The highest BCUT2D eigenvalue weighted by Gasteiger charge is 2.09. The Bertz CT molecular complexity index is 567. The van der Waals surface area contributed by atoms with Crippen molar-refractivity contribution in [3.8, 4) is 5.75 Å². The molecule has 0 aliphatic carbocycles. The molecule has 1 amide bonds. The molecule has 0 bridgehead atoms. The van der Waals surface area contributed by atoms with Crippen LogP contribution in [0.15, 0.2) is 30.6 Å². The zero-order chi connectivity index (χ0) is 13.8. The van der Waals surface area contributed by atoms with Gasteiger partial charge in [-0.15, -0.1) is 0 Å². The van der Waals surface area contributed by atoms with Gasteiger partial charge >= 0.3 is 0 Å². The van der Waals surface area contributed by atoms with Gasteiger partial charge in [-0.2, -0.15) is 5.10 Å². The Balaban J connectivity index is 2.10. The maximum atomic E-state index is 11.8. The average Bonchev–Trinajstić information content (AvgIpc) is 2.86. The number of H-pyrrole nitrogens is 1. The summed E-state index contributed by atoms with van der Waals surface area (Å²) in [5.74, 6) is 0.348. The first kappa shape index (κ1) is 13.4. The normalized spacial score (nSPS) is 10.5. The molecule has 0 saturated carbocycles. The number of ether oxygens (including phenoxy) is 1. The van der Waals surface area contributed by atoms with Crippen molar-refractivity contribution < 1.29 is 9.53 Å². The Labute approximate surface area is 115 Å². The van der Waals surface area contributed by atoms with Gasteiger partial charge in [0, 0.05) is 11.9 Å². The molecule has 0 spiro atoms. The molecule has 6 heteroatoms. The van der Waals surface area contributed by atoms with E-state index < -0.39 is 0 Å². The fourth-order valence-corrected chi connectivity index (χ4v) is 1.73. The van der Waals surface area contributed by atoms with Crippen molar-refractivity contribution in [1.29, 1.82) is 0 Å². The van der Waals surface area contributed by atoms with Crippen LogP contribution in [0.1, 0.15) is 24.2 Å². The molecule has 0 atom stereocenters. The molecule has 100 valence electrons. The number of aromatic amines is 1. The number of hydrogen-bond donors (Lipinski definition) is 2. The fourth-order valence-electron chi connectivity index (χ4n) is 1.51. The Morgan fingerprint density at radius 2 is 2.26 bits per heavy atom. The lowest BCUT2D eigenvalue weighted by atomic mass is 10.2. The van der Waals surface area contributed by atoms with Crippen molar-refractivity contribution in [1.82, 2.24) is 10.2 Å². The Hall–Kier alpha value is -2.01. The molecule has 2 rings (SSSR count). The number of rotatable bonds is 4. The molecular weight excluding hydrogens is 266 g/mol. The predicted molar refractivity (Wildman–Crippen MR) is 73.8 cm³/mol. The van der Waals surface area contributed by atoms with Crippen molar-refractivity contribution in [2.75, 3.05) is 5.32 Å². The van der Waals surface area contributed by atoms with Crippen LogP contribution < -0.4 is 10.1 Å². The van der Waals surface area contributed by atoms with Gasteiger partial charge in [0.05, 0.1) is 22.9 Å². The van der Waals surface area contributed by atoms with Gasteiger partial charge in [0.1, 0.15) is 5.75 Å². The highest BCUT2D eigenvalue weighted by molar-refractivity contribution is 6.32. The van der Waals surface area contributed by atoms with E-state index in [0.29, 0.717) is 22.0 Å². The summed E-state index contributed by atoms with van der Waals surface area (Å²) in [5, 5.41) is 9.48. The van der Waals surface area contributed by atoms with Crippen LogP contribution in [0.2, 0.25) is 5.02 Å². The summed E-state index contributed by atoms with van der Waals surface area (Å²) in [6.45, 7) is 3.84. The zero-order valence-corrected chi connectivity index (χ0v) is 11.4. The molecule has 2 aromatic rings. The van der Waals surface area contributed by atoms with Crippen LogP contribution in [0.5, 0.6) is 5.75 Å². The van der Waals surface area contributed by atoms with Crippen molar-refractivity contribution in [2.45, 2.75) is 20.0 Å². The molecule has 0 aliphatic heterocycles. The monoisotopic (exact) mass is 279 g/mol. The summed E-state index contributed by atoms with van der Waals surface area (Å²) in [4.78, 5) is 11.8. The van der Waals surface area contributed by atoms with Gasteiger partial charge in [0.2, 0.25) is 0 Å². The number of carbonyl (C=O) groups excluding carboxylic acids is 1. The van der Waals surface area contributed by atoms with Crippen LogP contribution in [0.4, 0.5) is 5.69 Å². The van der Waals surface area contributed by atoms with Crippen LogP contribution in [-0.2, 0) is 0 Å². The van der Waals surface area contributed by atoms with Crippen LogP contribution in [0.3, 0.4) is 0 Å². The van der Waals surface area contributed by atoms with Gasteiger partial charge in [0.15, 0.2) is 0 Å². The second-order valence-electron chi connectivity index (χ2n) is 4.25. The van der Waals surface area contributed by atoms with E-state index in [1.165, 1.54) is 12.4 Å². The minimum absolute atomic E-state index is 0.0453. The van der Waals surface area contributed by atoms with Crippen molar-refractivity contribution in [3.63, 3.8) is 0 Å². The molecule has 1 aromatic carbocycles. The largest absolute Gasteiger partial charge is 0.489 e. The van der Waals surface area contributed by atoms with Crippen LogP contribution in [-0.4, -0.2) is 22.2 Å². The van der Waals surface area contributed by atoms with E-state index in [4.69, 9.17) is 16.3 Å². The van der Waals surface area contributed by atoms with Gasteiger partial charge in [-0.05, 0) is 32.0 Å². The number of benzene rings is 1. The van der Waals surface area contributed by atoms with Gasteiger partial charge in [0.25, 0.3) is 5.91 Å². The Morgan fingerprint density at radius 1 is 1.47 bits per heavy atom. The van der Waals surface area contributed by atoms with E-state index in [9.17, 15) is 4.79 Å². The van der Waals surface area contributed by atoms with E-state index in [1.54, 1.807) is 18.2 Å². The highest BCUT2D eigenvalue weighted by Crippen LogP contribution is 2.28. The Morgan fingerprint density at radius 3 is 2.84 bits per heavy atom. The van der Waals surface area contributed by atoms with Gasteiger partial charge in [-0.1, -0.05) is 11.6 Å². The molecule has 0 aliphatic rings. The SMILES string of the molecule is CC(C)Oc1ccc(NC(=O)c2cn[nH]c2)cc1Cl. The van der Waals surface area contributed by atoms with E-state index >= 15 is 0 Å². The molecule has 1 heterocycles. The van der Waals surface area contributed by atoms with Gasteiger partial charge in [-0.25, -0.2) is 0 Å². The zero-order valence-electron chi connectivity index (χ0n) is 10.6. The molecule has 0 saturated heterocycles. The lowest BCUT2D eigenvalue weighted by Gasteiger charge is -2.12. The van der Waals surface area contributed by atoms with Crippen molar-refractivity contribution in [2.24, 2.45) is 0 Å². The number of aromatic nitrogens is 2. The summed E-state index contributed by atoms with van der Waals surface area (Å²) in [7, 11) is 0. The van der Waals surface area contributed by atoms with Gasteiger partial charge < -0.3 is 10.1 Å². The summed E-state index contributed by atoms with van der Waals surface area (Å²) in [5.41, 5.74) is 1.06. The molecule has 1 aromatic heterocycles. The third-order valence-corrected chi connectivity index (χ3v) is 2.61. The molecule has 0 radical (unpaired) electrons. The maximum absolute atomic E-state index is 11.8. The topological polar surface area (TPSA) is 67.0 Å². The average molecular weight is 280 g/mol. The number of halogens is 1. The lowest BCUT2D eigenvalue weighted by Crippen LogP contribution is -2.11. The summed E-state index contributed by atoms with van der Waals surface area (Å²) < 4.78 is 5.52. The van der Waals surface area contributed by atoms with E-state index in [2.05, 4.69) is 15.5 Å². The van der Waals surface area contributed by atoms with Gasteiger partial charge in [-0.3, -0.25) is 9.89 Å². The quantitative estimate of drug-likeness (QED) is 0.904. The number of anilines is 1. The lowest BCUT2D eigenvalue weighted by molar-refractivity contribution is 0.102. The summed E-state index contributed by atoms with van der Waals surface area (Å²) >= 11 is 6.09. The first-order valence-electron chi connectivity index (χ1n) is 5.82. The number of carbonyl (C=O) groups is 1. The minimum Gasteiger partial charge on any atom is -0.489 e. The summed E-state index contributed by atoms with van der Waals surface area (Å²) in [6.07, 6.45) is 3.02. The molecule has 0 unspecified atom stereocenters. The number of nitrogens with zero attached hydrogens (tertiary/aromatic N) is 1. The van der Waals surface area contributed by atoms with E-state index in [0.717, 1.165) is 0 Å². The van der Waals surface area contributed by atoms with E-state index in [1.807, 2.05) is 13.8 Å². The van der Waals surface area contributed by atoms with Crippen molar-refractivity contribution >= 4 is 23.2 Å². The Kier molecular flexibility index (Phi) is 4.06. The highest BCUT2D eigenvalue weighted by atomic mass is 35.5. The molecule has 0 fully saturated rings. The van der Waals surface area contributed by atoms with Crippen LogP contribution in [0, 0.1) is 0 Å². The standard InChI is InChI=1S/C13H14ClN3O2/c1-8(2)19-12-4-3-10(5-11(12)14)17-13(18)9-6-15-16-7-9/h3-8H,1-2H3,(H,15,16)(H,17,18).